The van der Waals surface area contributed by atoms with Crippen LogP contribution in [0.1, 0.15) is 19.6 Å². The fraction of sp³-hybridized carbons (Fsp3) is 0.364. The lowest BCUT2D eigenvalue weighted by atomic mass is 10.1. The van der Waals surface area contributed by atoms with E-state index in [9.17, 15) is 9.59 Å². The lowest BCUT2D eigenvalue weighted by Gasteiger charge is -2.23. The summed E-state index contributed by atoms with van der Waals surface area (Å²) in [4.78, 5) is 27.5. The molecule has 2 amide bonds. The molecule has 2 heterocycles. The molecule has 0 unspecified atom stereocenters. The molecule has 3 rings (SSSR count). The zero-order valence-electron chi connectivity index (χ0n) is 17.1. The SMILES string of the molecule is COCCN(Cc1ccco1)C(=O)Nc1cn(CC(C)C)c(=O)c2ccccc12. The van der Waals surface area contributed by atoms with Crippen molar-refractivity contribution in [1.82, 2.24) is 9.47 Å². The number of amides is 2. The molecule has 0 atom stereocenters. The van der Waals surface area contributed by atoms with E-state index in [-0.39, 0.29) is 11.6 Å². The second-order valence-corrected chi connectivity index (χ2v) is 7.36. The largest absolute Gasteiger partial charge is 0.467 e. The molecule has 7 nitrogen and oxygen atoms in total. The number of benzene rings is 1. The first-order valence-corrected chi connectivity index (χ1v) is 9.69. The van der Waals surface area contributed by atoms with E-state index in [1.165, 1.54) is 0 Å². The van der Waals surface area contributed by atoms with Gasteiger partial charge in [-0.15, -0.1) is 0 Å². The summed E-state index contributed by atoms with van der Waals surface area (Å²) in [5.41, 5.74) is 0.548. The number of aromatic nitrogens is 1. The maximum absolute atomic E-state index is 13.0. The molecule has 0 saturated heterocycles. The molecular weight excluding hydrogens is 370 g/mol. The lowest BCUT2D eigenvalue weighted by Crippen LogP contribution is -2.37. The number of urea groups is 1. The normalized spacial score (nSPS) is 11.2. The fourth-order valence-corrected chi connectivity index (χ4v) is 3.21. The number of hydrogen-bond acceptors (Lipinski definition) is 4. The van der Waals surface area contributed by atoms with Crippen LogP contribution < -0.4 is 10.9 Å². The van der Waals surface area contributed by atoms with Gasteiger partial charge in [0, 0.05) is 37.2 Å². The van der Waals surface area contributed by atoms with Gasteiger partial charge in [0.1, 0.15) is 5.76 Å². The van der Waals surface area contributed by atoms with Crippen molar-refractivity contribution in [3.8, 4) is 0 Å². The van der Waals surface area contributed by atoms with E-state index < -0.39 is 0 Å². The first kappa shape index (κ1) is 20.7. The van der Waals surface area contributed by atoms with Gasteiger partial charge in [-0.3, -0.25) is 4.79 Å². The number of rotatable bonds is 8. The Kier molecular flexibility index (Phi) is 6.72. The van der Waals surface area contributed by atoms with Crippen LogP contribution in [0.15, 0.2) is 58.1 Å². The third-order valence-electron chi connectivity index (χ3n) is 4.58. The third kappa shape index (κ3) is 5.06. The second-order valence-electron chi connectivity index (χ2n) is 7.36. The summed E-state index contributed by atoms with van der Waals surface area (Å²) in [5, 5.41) is 4.28. The average molecular weight is 397 g/mol. The quantitative estimate of drug-likeness (QED) is 0.625. The minimum absolute atomic E-state index is 0.0564. The van der Waals surface area contributed by atoms with Crippen molar-refractivity contribution < 1.29 is 13.9 Å². The molecule has 2 aromatic heterocycles. The monoisotopic (exact) mass is 397 g/mol. The molecule has 1 N–H and O–H groups in total. The molecule has 0 aliphatic heterocycles. The summed E-state index contributed by atoms with van der Waals surface area (Å²) in [6, 6.07) is 10.7. The number of pyridine rings is 1. The van der Waals surface area contributed by atoms with Gasteiger partial charge in [-0.1, -0.05) is 32.0 Å². The molecule has 3 aromatic rings. The predicted molar refractivity (Wildman–Crippen MR) is 113 cm³/mol. The molecular formula is C22H27N3O4. The fourth-order valence-electron chi connectivity index (χ4n) is 3.21. The van der Waals surface area contributed by atoms with Gasteiger partial charge in [0.15, 0.2) is 0 Å². The van der Waals surface area contributed by atoms with Crippen LogP contribution in [0.25, 0.3) is 10.8 Å². The first-order valence-electron chi connectivity index (χ1n) is 9.69. The number of anilines is 1. The molecule has 0 fully saturated rings. The standard InChI is InChI=1S/C22H27N3O4/c1-16(2)13-25-15-20(18-8-4-5-9-19(18)21(25)26)23-22(27)24(10-12-28-3)14-17-7-6-11-29-17/h4-9,11,15-16H,10,12-14H2,1-3H3,(H,23,27). The molecule has 0 bridgehead atoms. The molecule has 7 heteroatoms. The van der Waals surface area contributed by atoms with E-state index in [0.717, 1.165) is 5.39 Å². The topological polar surface area (TPSA) is 76.7 Å². The number of methoxy groups -OCH3 is 1. The van der Waals surface area contributed by atoms with Crippen molar-refractivity contribution in [3.63, 3.8) is 0 Å². The summed E-state index contributed by atoms with van der Waals surface area (Å²) in [5.74, 6) is 0.987. The van der Waals surface area contributed by atoms with Crippen molar-refractivity contribution in [1.29, 1.82) is 0 Å². The van der Waals surface area contributed by atoms with Crippen molar-refractivity contribution in [2.24, 2.45) is 5.92 Å². The highest BCUT2D eigenvalue weighted by Crippen LogP contribution is 2.21. The number of nitrogens with one attached hydrogen (secondary N) is 1. The maximum Gasteiger partial charge on any atom is 0.322 e. The van der Waals surface area contributed by atoms with Gasteiger partial charge < -0.3 is 23.9 Å². The molecule has 29 heavy (non-hydrogen) atoms. The molecule has 0 aliphatic carbocycles. The Morgan fingerprint density at radius 2 is 1.97 bits per heavy atom. The number of carbonyl (C=O) groups excluding carboxylic acids is 1. The Morgan fingerprint density at radius 1 is 1.21 bits per heavy atom. The number of ether oxygens (including phenoxy) is 1. The highest BCUT2D eigenvalue weighted by molar-refractivity contribution is 6.00. The molecule has 0 radical (unpaired) electrons. The number of carbonyl (C=O) groups is 1. The minimum Gasteiger partial charge on any atom is -0.467 e. The van der Waals surface area contributed by atoms with Crippen LogP contribution in [-0.2, 0) is 17.8 Å². The van der Waals surface area contributed by atoms with E-state index in [1.54, 1.807) is 41.2 Å². The highest BCUT2D eigenvalue weighted by atomic mass is 16.5. The van der Waals surface area contributed by atoms with E-state index in [0.29, 0.717) is 49.0 Å². The molecule has 154 valence electrons. The number of furan rings is 1. The van der Waals surface area contributed by atoms with Gasteiger partial charge >= 0.3 is 6.03 Å². The van der Waals surface area contributed by atoms with Crippen LogP contribution in [0.4, 0.5) is 10.5 Å². The van der Waals surface area contributed by atoms with Crippen LogP contribution in [-0.4, -0.2) is 35.8 Å². The smallest absolute Gasteiger partial charge is 0.322 e. The second kappa shape index (κ2) is 9.43. The zero-order chi connectivity index (χ0) is 20.8. The number of nitrogens with zero attached hydrogens (tertiary/aromatic N) is 2. The first-order chi connectivity index (χ1) is 14.0. The van der Waals surface area contributed by atoms with Gasteiger partial charge in [-0.2, -0.15) is 0 Å². The van der Waals surface area contributed by atoms with Crippen LogP contribution >= 0.6 is 0 Å². The summed E-state index contributed by atoms with van der Waals surface area (Å²) in [6.07, 6.45) is 3.31. The van der Waals surface area contributed by atoms with E-state index >= 15 is 0 Å². The molecule has 0 spiro atoms. The van der Waals surface area contributed by atoms with E-state index in [4.69, 9.17) is 9.15 Å². The number of fused-ring (bicyclic) bond motifs is 1. The van der Waals surface area contributed by atoms with Gasteiger partial charge in [-0.25, -0.2) is 4.79 Å². The maximum atomic E-state index is 13.0. The van der Waals surface area contributed by atoms with Crippen molar-refractivity contribution >= 4 is 22.5 Å². The van der Waals surface area contributed by atoms with E-state index in [2.05, 4.69) is 19.2 Å². The Balaban J connectivity index is 1.92. The summed E-state index contributed by atoms with van der Waals surface area (Å²) < 4.78 is 12.2. The average Bonchev–Trinajstić information content (AvgIpc) is 3.21. The third-order valence-corrected chi connectivity index (χ3v) is 4.58. The van der Waals surface area contributed by atoms with Gasteiger partial charge in [0.25, 0.3) is 5.56 Å². The lowest BCUT2D eigenvalue weighted by molar-refractivity contribution is 0.149. The van der Waals surface area contributed by atoms with Crippen LogP contribution in [0.2, 0.25) is 0 Å². The summed E-state index contributed by atoms with van der Waals surface area (Å²) >= 11 is 0. The van der Waals surface area contributed by atoms with E-state index in [1.807, 2.05) is 24.3 Å². The Hall–Kier alpha value is -3.06. The van der Waals surface area contributed by atoms with Gasteiger partial charge in [-0.05, 0) is 24.1 Å². The molecule has 1 aromatic carbocycles. The van der Waals surface area contributed by atoms with Gasteiger partial charge in [0.2, 0.25) is 0 Å². The van der Waals surface area contributed by atoms with Gasteiger partial charge in [0.05, 0.1) is 25.1 Å². The Labute approximate surface area is 169 Å². The van der Waals surface area contributed by atoms with Crippen LogP contribution in [0.3, 0.4) is 0 Å². The zero-order valence-corrected chi connectivity index (χ0v) is 17.1. The Bertz CT molecular complexity index is 1010. The van der Waals surface area contributed by atoms with Crippen molar-refractivity contribution in [2.45, 2.75) is 26.9 Å². The minimum atomic E-state index is -0.279. The predicted octanol–water partition coefficient (Wildman–Crippen LogP) is 3.93. The van der Waals surface area contributed by atoms with Crippen molar-refractivity contribution in [2.75, 3.05) is 25.6 Å². The summed E-state index contributed by atoms with van der Waals surface area (Å²) in [7, 11) is 1.60. The molecule has 0 aliphatic rings. The Morgan fingerprint density at radius 3 is 2.62 bits per heavy atom. The van der Waals surface area contributed by atoms with Crippen LogP contribution in [0.5, 0.6) is 0 Å². The number of hydrogen-bond donors (Lipinski definition) is 1. The van der Waals surface area contributed by atoms with Crippen LogP contribution in [0, 0.1) is 5.92 Å². The summed E-state index contributed by atoms with van der Waals surface area (Å²) in [6.45, 7) is 5.82. The van der Waals surface area contributed by atoms with Crippen molar-refractivity contribution in [3.05, 3.63) is 65.0 Å². The highest BCUT2D eigenvalue weighted by Gasteiger charge is 2.18. The molecule has 0 saturated carbocycles.